The van der Waals surface area contributed by atoms with Gasteiger partial charge in [0.05, 0.1) is 22.1 Å². The summed E-state index contributed by atoms with van der Waals surface area (Å²) in [6.45, 7) is 0. The largest absolute Gasteiger partial charge is 0.248 e. The number of nitrogens with zero attached hydrogens (tertiary/aromatic N) is 2. The second-order valence-electron chi connectivity index (χ2n) is 6.98. The Morgan fingerprint density at radius 1 is 0.429 bits per heavy atom. The lowest BCUT2D eigenvalue weighted by Crippen LogP contribution is -2.08. The second kappa shape index (κ2) is 5.97. The Balaban J connectivity index is 1.90. The first kappa shape index (κ1) is 16.4. The molecule has 0 aliphatic rings. The molecule has 0 saturated heterocycles. The van der Waals surface area contributed by atoms with Crippen molar-refractivity contribution in [3.8, 4) is 0 Å². The molecule has 0 aliphatic heterocycles. The maximum Gasteiger partial charge on any atom is 0.0717 e. The number of fused-ring (bicyclic) bond motifs is 6. The summed E-state index contributed by atoms with van der Waals surface area (Å²) < 4.78 is 6.87. The Hall–Kier alpha value is -2.56. The van der Waals surface area contributed by atoms with Crippen LogP contribution in [0, 0.1) is 0 Å². The van der Waals surface area contributed by atoms with Crippen LogP contribution >= 0.6 is 31.9 Å². The van der Waals surface area contributed by atoms with E-state index in [1.54, 1.807) is 0 Å². The van der Waals surface area contributed by atoms with Gasteiger partial charge in [-0.15, -0.1) is 0 Å². The smallest absolute Gasteiger partial charge is 0.0717 e. The predicted octanol–water partition coefficient (Wildman–Crippen LogP) is 7.74. The SMILES string of the molecule is Brc1ccc2c(c1)c1ccccc1n2-n1c2ccccc2c2cc(Br)ccc21. The first-order chi connectivity index (χ1) is 13.7. The monoisotopic (exact) mass is 488 g/mol. The first-order valence-corrected chi connectivity index (χ1v) is 10.7. The van der Waals surface area contributed by atoms with Crippen molar-refractivity contribution < 1.29 is 0 Å². The number of hydrogen-bond acceptors (Lipinski definition) is 0. The van der Waals surface area contributed by atoms with Gasteiger partial charge in [-0.05, 0) is 48.5 Å². The van der Waals surface area contributed by atoms with Crippen molar-refractivity contribution in [1.82, 2.24) is 9.35 Å². The van der Waals surface area contributed by atoms with E-state index in [1.807, 2.05) is 0 Å². The zero-order chi connectivity index (χ0) is 18.8. The van der Waals surface area contributed by atoms with E-state index in [0.29, 0.717) is 0 Å². The van der Waals surface area contributed by atoms with Gasteiger partial charge < -0.3 is 0 Å². The summed E-state index contributed by atoms with van der Waals surface area (Å²) in [5, 5.41) is 4.99. The fourth-order valence-electron chi connectivity index (χ4n) is 4.28. The third-order valence-corrected chi connectivity index (χ3v) is 6.40. The molecule has 0 atom stereocenters. The zero-order valence-corrected chi connectivity index (χ0v) is 17.9. The van der Waals surface area contributed by atoms with Crippen LogP contribution in [0.25, 0.3) is 43.6 Å². The highest BCUT2D eigenvalue weighted by atomic mass is 79.9. The van der Waals surface area contributed by atoms with Gasteiger partial charge in [0.15, 0.2) is 0 Å². The highest BCUT2D eigenvalue weighted by molar-refractivity contribution is 9.10. The van der Waals surface area contributed by atoms with Crippen LogP contribution in [0.2, 0.25) is 0 Å². The van der Waals surface area contributed by atoms with Gasteiger partial charge in [0, 0.05) is 30.5 Å². The molecule has 2 heterocycles. The van der Waals surface area contributed by atoms with E-state index in [9.17, 15) is 0 Å². The topological polar surface area (TPSA) is 9.86 Å². The quantitative estimate of drug-likeness (QED) is 0.223. The number of halogens is 2. The average Bonchev–Trinajstić information content (AvgIpc) is 3.20. The highest BCUT2D eigenvalue weighted by Crippen LogP contribution is 2.36. The van der Waals surface area contributed by atoms with Crippen molar-refractivity contribution >= 4 is 75.5 Å². The van der Waals surface area contributed by atoms with Crippen molar-refractivity contribution in [3.63, 3.8) is 0 Å². The predicted molar refractivity (Wildman–Crippen MR) is 125 cm³/mol. The van der Waals surface area contributed by atoms with E-state index in [1.165, 1.54) is 43.6 Å². The van der Waals surface area contributed by atoms with Crippen LogP contribution in [0.15, 0.2) is 93.9 Å². The van der Waals surface area contributed by atoms with Crippen molar-refractivity contribution in [2.75, 3.05) is 0 Å². The lowest BCUT2D eigenvalue weighted by Gasteiger charge is -2.13. The van der Waals surface area contributed by atoms with Crippen molar-refractivity contribution in [3.05, 3.63) is 93.9 Å². The van der Waals surface area contributed by atoms with Gasteiger partial charge in [0.2, 0.25) is 0 Å². The summed E-state index contributed by atoms with van der Waals surface area (Å²) in [5.41, 5.74) is 4.77. The molecule has 6 aromatic rings. The van der Waals surface area contributed by atoms with E-state index in [4.69, 9.17) is 0 Å². The van der Waals surface area contributed by atoms with E-state index in [0.717, 1.165) is 8.95 Å². The van der Waals surface area contributed by atoms with E-state index in [2.05, 4.69) is 126 Å². The highest BCUT2D eigenvalue weighted by Gasteiger charge is 2.17. The molecule has 28 heavy (non-hydrogen) atoms. The molecule has 0 aliphatic carbocycles. The summed E-state index contributed by atoms with van der Waals surface area (Å²) in [6, 6.07) is 30.3. The minimum atomic E-state index is 1.09. The molecule has 2 nitrogen and oxygen atoms in total. The van der Waals surface area contributed by atoms with Crippen LogP contribution < -0.4 is 0 Å². The molecule has 4 aromatic carbocycles. The Kier molecular flexibility index (Phi) is 3.49. The molecular weight excluding hydrogens is 476 g/mol. The van der Waals surface area contributed by atoms with Crippen LogP contribution in [0.4, 0.5) is 0 Å². The van der Waals surface area contributed by atoms with Crippen LogP contribution in [0.5, 0.6) is 0 Å². The van der Waals surface area contributed by atoms with Gasteiger partial charge in [-0.2, -0.15) is 0 Å². The third-order valence-electron chi connectivity index (χ3n) is 5.42. The maximum atomic E-state index is 3.64. The molecule has 0 bridgehead atoms. The van der Waals surface area contributed by atoms with E-state index < -0.39 is 0 Å². The molecule has 0 unspecified atom stereocenters. The summed E-state index contributed by atoms with van der Waals surface area (Å²) in [6.07, 6.45) is 0. The van der Waals surface area contributed by atoms with Crippen LogP contribution in [0.3, 0.4) is 0 Å². The van der Waals surface area contributed by atoms with Gasteiger partial charge in [0.1, 0.15) is 0 Å². The standard InChI is InChI=1S/C24H14Br2N2/c25-15-9-11-23-19(13-15)17-5-1-3-7-21(17)27(23)28-22-8-4-2-6-18(22)20-14-16(26)10-12-24(20)28/h1-14H. The molecule has 0 fully saturated rings. The number of hydrogen-bond donors (Lipinski definition) is 0. The van der Waals surface area contributed by atoms with Crippen LogP contribution in [-0.4, -0.2) is 9.35 Å². The fourth-order valence-corrected chi connectivity index (χ4v) is 5.00. The Morgan fingerprint density at radius 2 is 0.821 bits per heavy atom. The minimum absolute atomic E-state index is 1.09. The summed E-state index contributed by atoms with van der Waals surface area (Å²) in [7, 11) is 0. The molecular formula is C24H14Br2N2. The Morgan fingerprint density at radius 3 is 1.29 bits per heavy atom. The molecule has 2 aromatic heterocycles. The van der Waals surface area contributed by atoms with E-state index >= 15 is 0 Å². The van der Waals surface area contributed by atoms with Gasteiger partial charge in [-0.25, -0.2) is 9.35 Å². The summed E-state index contributed by atoms with van der Waals surface area (Å²) >= 11 is 7.28. The second-order valence-corrected chi connectivity index (χ2v) is 8.81. The van der Waals surface area contributed by atoms with Crippen LogP contribution in [0.1, 0.15) is 0 Å². The van der Waals surface area contributed by atoms with E-state index in [-0.39, 0.29) is 0 Å². The zero-order valence-electron chi connectivity index (χ0n) is 14.7. The lowest BCUT2D eigenvalue weighted by atomic mass is 10.2. The lowest BCUT2D eigenvalue weighted by molar-refractivity contribution is 0.775. The molecule has 0 saturated carbocycles. The molecule has 0 N–H and O–H groups in total. The number of aromatic nitrogens is 2. The first-order valence-electron chi connectivity index (χ1n) is 9.10. The summed E-state index contributed by atoms with van der Waals surface area (Å²) in [4.78, 5) is 0. The fraction of sp³-hybridized carbons (Fsp3) is 0. The van der Waals surface area contributed by atoms with Gasteiger partial charge in [-0.3, -0.25) is 0 Å². The number of para-hydroxylation sites is 2. The molecule has 0 radical (unpaired) electrons. The normalized spacial score (nSPS) is 11.9. The number of rotatable bonds is 1. The van der Waals surface area contributed by atoms with Gasteiger partial charge >= 0.3 is 0 Å². The maximum absolute atomic E-state index is 3.64. The van der Waals surface area contributed by atoms with Crippen LogP contribution in [-0.2, 0) is 0 Å². The van der Waals surface area contributed by atoms with Crippen molar-refractivity contribution in [2.24, 2.45) is 0 Å². The molecule has 0 spiro atoms. The molecule has 6 rings (SSSR count). The Labute approximate surface area is 178 Å². The molecule has 4 heteroatoms. The molecule has 134 valence electrons. The van der Waals surface area contributed by atoms with Gasteiger partial charge in [0.25, 0.3) is 0 Å². The average molecular weight is 490 g/mol. The van der Waals surface area contributed by atoms with Crippen molar-refractivity contribution in [2.45, 2.75) is 0 Å². The Bertz CT molecular complexity index is 1420. The minimum Gasteiger partial charge on any atom is -0.248 e. The van der Waals surface area contributed by atoms with Crippen molar-refractivity contribution in [1.29, 1.82) is 0 Å². The summed E-state index contributed by atoms with van der Waals surface area (Å²) in [5.74, 6) is 0. The number of benzene rings is 4. The molecule has 0 amide bonds. The van der Waals surface area contributed by atoms with Gasteiger partial charge in [-0.1, -0.05) is 68.3 Å². The third kappa shape index (κ3) is 2.19.